The van der Waals surface area contributed by atoms with E-state index in [9.17, 15) is 4.79 Å². The van der Waals surface area contributed by atoms with Crippen LogP contribution in [0.25, 0.3) is 11.0 Å². The first-order chi connectivity index (χ1) is 8.22. The Balaban J connectivity index is 2.42. The first-order valence-corrected chi connectivity index (χ1v) is 5.67. The summed E-state index contributed by atoms with van der Waals surface area (Å²) in [6.45, 7) is 2.71. The number of hydrogen-bond donors (Lipinski definition) is 1. The highest BCUT2D eigenvalue weighted by Gasteiger charge is 2.07. The van der Waals surface area contributed by atoms with Gasteiger partial charge in [-0.05, 0) is 18.6 Å². The molecule has 17 heavy (non-hydrogen) atoms. The Labute approximate surface area is 99.0 Å². The fraction of sp³-hybridized carbons (Fsp3) is 0.308. The zero-order chi connectivity index (χ0) is 12.3. The van der Waals surface area contributed by atoms with Crippen molar-refractivity contribution >= 4 is 16.7 Å². The third kappa shape index (κ3) is 2.41. The lowest BCUT2D eigenvalue weighted by atomic mass is 10.2. The van der Waals surface area contributed by atoms with E-state index in [1.54, 1.807) is 12.1 Å². The smallest absolute Gasteiger partial charge is 0.359 e. The van der Waals surface area contributed by atoms with Crippen LogP contribution >= 0.6 is 0 Å². The van der Waals surface area contributed by atoms with Crippen LogP contribution in [-0.4, -0.2) is 6.61 Å². The van der Waals surface area contributed by atoms with Gasteiger partial charge in [-0.3, -0.25) is 0 Å². The average Bonchev–Trinajstić information content (AvgIpc) is 2.32. The first-order valence-electron chi connectivity index (χ1n) is 5.67. The highest BCUT2D eigenvalue weighted by Crippen LogP contribution is 2.25. The summed E-state index contributed by atoms with van der Waals surface area (Å²) in [5.74, 6) is 0.591. The highest BCUT2D eigenvalue weighted by atomic mass is 16.5. The Morgan fingerprint density at radius 2 is 2.24 bits per heavy atom. The molecule has 0 unspecified atom stereocenters. The van der Waals surface area contributed by atoms with E-state index in [0.717, 1.165) is 18.2 Å². The molecule has 2 aromatic rings. The topological polar surface area (TPSA) is 65.5 Å². The minimum atomic E-state index is -0.524. The fourth-order valence-corrected chi connectivity index (χ4v) is 1.57. The second-order valence-corrected chi connectivity index (χ2v) is 3.87. The van der Waals surface area contributed by atoms with E-state index in [1.165, 1.54) is 0 Å². The van der Waals surface area contributed by atoms with Crippen LogP contribution in [0, 0.1) is 0 Å². The van der Waals surface area contributed by atoms with E-state index in [4.69, 9.17) is 14.9 Å². The van der Waals surface area contributed by atoms with Gasteiger partial charge in [0.2, 0.25) is 0 Å². The molecule has 0 aliphatic carbocycles. The maximum atomic E-state index is 11.4. The van der Waals surface area contributed by atoms with Crippen LogP contribution in [0.2, 0.25) is 0 Å². The monoisotopic (exact) mass is 233 g/mol. The summed E-state index contributed by atoms with van der Waals surface area (Å²) in [6.07, 6.45) is 2.03. The van der Waals surface area contributed by atoms with Gasteiger partial charge in [0.05, 0.1) is 6.61 Å². The third-order valence-corrected chi connectivity index (χ3v) is 2.51. The lowest BCUT2D eigenvalue weighted by Gasteiger charge is -2.07. The van der Waals surface area contributed by atoms with Crippen molar-refractivity contribution in [1.29, 1.82) is 0 Å². The van der Waals surface area contributed by atoms with Gasteiger partial charge < -0.3 is 14.9 Å². The van der Waals surface area contributed by atoms with Crippen LogP contribution in [0.15, 0.2) is 33.5 Å². The molecule has 0 spiro atoms. The number of para-hydroxylation sites is 1. The van der Waals surface area contributed by atoms with Crippen molar-refractivity contribution < 1.29 is 9.15 Å². The molecule has 2 N–H and O–H groups in total. The molecule has 4 nitrogen and oxygen atoms in total. The van der Waals surface area contributed by atoms with E-state index in [0.29, 0.717) is 17.9 Å². The van der Waals surface area contributed by atoms with Gasteiger partial charge in [-0.15, -0.1) is 0 Å². The van der Waals surface area contributed by atoms with Crippen molar-refractivity contribution in [3.05, 3.63) is 34.7 Å². The molecule has 0 atom stereocenters. The second-order valence-electron chi connectivity index (χ2n) is 3.87. The van der Waals surface area contributed by atoms with Crippen LogP contribution in [0.3, 0.4) is 0 Å². The Morgan fingerprint density at radius 1 is 1.41 bits per heavy atom. The maximum Gasteiger partial charge on any atom is 0.359 e. The zero-order valence-corrected chi connectivity index (χ0v) is 9.73. The minimum Gasteiger partial charge on any atom is -0.490 e. The maximum absolute atomic E-state index is 11.4. The number of anilines is 1. The summed E-state index contributed by atoms with van der Waals surface area (Å²) < 4.78 is 10.7. The molecule has 4 heteroatoms. The lowest BCUT2D eigenvalue weighted by molar-refractivity contribution is 0.307. The largest absolute Gasteiger partial charge is 0.490 e. The van der Waals surface area contributed by atoms with Gasteiger partial charge in [0.1, 0.15) is 5.69 Å². The van der Waals surface area contributed by atoms with Crippen molar-refractivity contribution in [1.82, 2.24) is 0 Å². The number of rotatable bonds is 4. The zero-order valence-electron chi connectivity index (χ0n) is 9.73. The number of hydrogen-bond acceptors (Lipinski definition) is 4. The Hall–Kier alpha value is -1.97. The molecular formula is C13H15NO3. The summed E-state index contributed by atoms with van der Waals surface area (Å²) in [6, 6.07) is 7.08. The summed E-state index contributed by atoms with van der Waals surface area (Å²) >= 11 is 0. The van der Waals surface area contributed by atoms with Gasteiger partial charge in [-0.2, -0.15) is 0 Å². The van der Waals surface area contributed by atoms with Gasteiger partial charge in [0.25, 0.3) is 0 Å². The SMILES string of the molecule is CCCCOc1cccc2cc(N)c(=O)oc12. The van der Waals surface area contributed by atoms with Crippen LogP contribution < -0.4 is 16.1 Å². The van der Waals surface area contributed by atoms with Gasteiger partial charge >= 0.3 is 5.63 Å². The standard InChI is InChI=1S/C13H15NO3/c1-2-3-7-16-11-6-4-5-9-8-10(14)13(15)17-12(9)11/h4-6,8H,2-3,7,14H2,1H3. The lowest BCUT2D eigenvalue weighted by Crippen LogP contribution is -2.06. The molecule has 0 radical (unpaired) electrons. The molecule has 0 aliphatic heterocycles. The van der Waals surface area contributed by atoms with E-state index in [1.807, 2.05) is 12.1 Å². The van der Waals surface area contributed by atoms with Crippen LogP contribution in [0.5, 0.6) is 5.75 Å². The number of fused-ring (bicyclic) bond motifs is 1. The van der Waals surface area contributed by atoms with Gasteiger partial charge in [0, 0.05) is 5.39 Å². The highest BCUT2D eigenvalue weighted by molar-refractivity contribution is 5.84. The number of unbranched alkanes of at least 4 members (excludes halogenated alkanes) is 1. The molecule has 1 aromatic carbocycles. The average molecular weight is 233 g/mol. The number of nitrogen functional groups attached to an aromatic ring is 1. The van der Waals surface area contributed by atoms with E-state index in [2.05, 4.69) is 6.92 Å². The van der Waals surface area contributed by atoms with Crippen molar-refractivity contribution in [2.75, 3.05) is 12.3 Å². The van der Waals surface area contributed by atoms with Crippen LogP contribution in [-0.2, 0) is 0 Å². The minimum absolute atomic E-state index is 0.114. The molecule has 0 aliphatic rings. The second kappa shape index (κ2) is 4.91. The Kier molecular flexibility index (Phi) is 3.32. The van der Waals surface area contributed by atoms with Crippen molar-refractivity contribution in [3.8, 4) is 5.75 Å². The molecule has 0 bridgehead atoms. The molecule has 90 valence electrons. The molecule has 2 rings (SSSR count). The van der Waals surface area contributed by atoms with Crippen molar-refractivity contribution in [2.24, 2.45) is 0 Å². The quantitative estimate of drug-likeness (QED) is 0.651. The Morgan fingerprint density at radius 3 is 3.00 bits per heavy atom. The summed E-state index contributed by atoms with van der Waals surface area (Å²) in [5.41, 5.74) is 5.56. The van der Waals surface area contributed by atoms with Crippen LogP contribution in [0.4, 0.5) is 5.69 Å². The van der Waals surface area contributed by atoms with Gasteiger partial charge in [0.15, 0.2) is 11.3 Å². The summed E-state index contributed by atoms with van der Waals surface area (Å²) in [5, 5.41) is 0.774. The first kappa shape index (κ1) is 11.5. The Bertz CT molecular complexity index is 574. The fourth-order valence-electron chi connectivity index (χ4n) is 1.57. The molecule has 0 fully saturated rings. The van der Waals surface area contributed by atoms with Crippen LogP contribution in [0.1, 0.15) is 19.8 Å². The molecule has 0 saturated heterocycles. The number of benzene rings is 1. The van der Waals surface area contributed by atoms with E-state index in [-0.39, 0.29) is 5.69 Å². The van der Waals surface area contributed by atoms with Crippen molar-refractivity contribution in [3.63, 3.8) is 0 Å². The third-order valence-electron chi connectivity index (χ3n) is 2.51. The summed E-state index contributed by atoms with van der Waals surface area (Å²) in [4.78, 5) is 11.4. The predicted molar refractivity (Wildman–Crippen MR) is 67.3 cm³/mol. The molecule has 1 heterocycles. The molecule has 1 aromatic heterocycles. The normalized spacial score (nSPS) is 10.6. The van der Waals surface area contributed by atoms with E-state index < -0.39 is 5.63 Å². The number of nitrogens with two attached hydrogens (primary N) is 1. The van der Waals surface area contributed by atoms with E-state index >= 15 is 0 Å². The molecule has 0 saturated carbocycles. The number of ether oxygens (including phenoxy) is 1. The van der Waals surface area contributed by atoms with Crippen molar-refractivity contribution in [2.45, 2.75) is 19.8 Å². The van der Waals surface area contributed by atoms with Gasteiger partial charge in [-0.1, -0.05) is 25.5 Å². The predicted octanol–water partition coefficient (Wildman–Crippen LogP) is 2.55. The molecule has 0 amide bonds. The summed E-state index contributed by atoms with van der Waals surface area (Å²) in [7, 11) is 0. The van der Waals surface area contributed by atoms with Gasteiger partial charge in [-0.25, -0.2) is 4.79 Å². The molecular weight excluding hydrogens is 218 g/mol.